The monoisotopic (exact) mass is 325 g/mol. The smallest absolute Gasteiger partial charge is 0.316 e. The average molecular weight is 325 g/mol. The molecule has 7 nitrogen and oxygen atoms in total. The van der Waals surface area contributed by atoms with Crippen LogP contribution in [0.3, 0.4) is 0 Å². The molecule has 2 aromatic heterocycles. The summed E-state index contributed by atoms with van der Waals surface area (Å²) in [7, 11) is 1.56. The van der Waals surface area contributed by atoms with Gasteiger partial charge in [-0.25, -0.2) is 15.0 Å². The van der Waals surface area contributed by atoms with Gasteiger partial charge in [-0.2, -0.15) is 5.26 Å². The molecule has 0 saturated carbocycles. The summed E-state index contributed by atoms with van der Waals surface area (Å²) in [5, 5.41) is 8.79. The number of pyridine rings is 1. The highest BCUT2D eigenvalue weighted by Gasteiger charge is 2.25. The Balaban J connectivity index is 1.56. The molecule has 0 amide bonds. The van der Waals surface area contributed by atoms with Gasteiger partial charge in [-0.3, -0.25) is 4.90 Å². The summed E-state index contributed by atoms with van der Waals surface area (Å²) < 4.78 is 10.9. The van der Waals surface area contributed by atoms with Crippen molar-refractivity contribution >= 4 is 0 Å². The first-order chi connectivity index (χ1) is 11.7. The van der Waals surface area contributed by atoms with E-state index in [2.05, 4.69) is 19.9 Å². The number of methoxy groups -OCH3 is 1. The van der Waals surface area contributed by atoms with Gasteiger partial charge < -0.3 is 9.47 Å². The predicted octanol–water partition coefficient (Wildman–Crippen LogP) is 1.71. The third kappa shape index (κ3) is 3.78. The van der Waals surface area contributed by atoms with Crippen LogP contribution in [0, 0.1) is 18.3 Å². The molecule has 1 unspecified atom stereocenters. The van der Waals surface area contributed by atoms with Gasteiger partial charge in [0.1, 0.15) is 12.2 Å². The summed E-state index contributed by atoms with van der Waals surface area (Å²) in [6, 6.07) is 5.90. The first-order valence-electron chi connectivity index (χ1n) is 7.79. The number of rotatable bonds is 5. The lowest BCUT2D eigenvalue weighted by Crippen LogP contribution is -2.25. The molecular formula is C17H19N5O2. The Kier molecular flexibility index (Phi) is 4.87. The standard InChI is InChI=1S/C17H19N5O2/c1-12-14(9-20-17(21-12)23-2)10-22-6-5-15(11-22)24-16-4-3-13(7-18)8-19-16/h3-4,8-9,15H,5-6,10-11H2,1-2H3. The molecule has 0 aliphatic carbocycles. The van der Waals surface area contributed by atoms with Crippen LogP contribution in [-0.4, -0.2) is 46.2 Å². The maximum atomic E-state index is 8.79. The van der Waals surface area contributed by atoms with Crippen molar-refractivity contribution in [1.82, 2.24) is 19.9 Å². The molecule has 1 aliphatic rings. The van der Waals surface area contributed by atoms with Crippen LogP contribution in [0.4, 0.5) is 0 Å². The maximum absolute atomic E-state index is 8.79. The van der Waals surface area contributed by atoms with Gasteiger partial charge in [-0.1, -0.05) is 0 Å². The van der Waals surface area contributed by atoms with Crippen molar-refractivity contribution in [2.75, 3.05) is 20.2 Å². The molecule has 1 saturated heterocycles. The first-order valence-corrected chi connectivity index (χ1v) is 7.79. The van der Waals surface area contributed by atoms with Crippen LogP contribution in [0.15, 0.2) is 24.5 Å². The van der Waals surface area contributed by atoms with Crippen molar-refractivity contribution < 1.29 is 9.47 Å². The van der Waals surface area contributed by atoms with Gasteiger partial charge in [-0.05, 0) is 19.4 Å². The SMILES string of the molecule is COc1ncc(CN2CCC(Oc3ccc(C#N)cn3)C2)c(C)n1. The first kappa shape index (κ1) is 16.1. The molecule has 0 spiro atoms. The zero-order valence-electron chi connectivity index (χ0n) is 13.8. The largest absolute Gasteiger partial charge is 0.473 e. The van der Waals surface area contributed by atoms with Crippen LogP contribution in [0.2, 0.25) is 0 Å². The van der Waals surface area contributed by atoms with Gasteiger partial charge in [0.2, 0.25) is 5.88 Å². The number of hydrogen-bond donors (Lipinski definition) is 0. The third-order valence-electron chi connectivity index (χ3n) is 4.02. The van der Waals surface area contributed by atoms with E-state index in [-0.39, 0.29) is 6.10 Å². The van der Waals surface area contributed by atoms with Gasteiger partial charge in [0, 0.05) is 49.4 Å². The molecular weight excluding hydrogens is 306 g/mol. The Morgan fingerprint density at radius 2 is 2.21 bits per heavy atom. The molecule has 0 N–H and O–H groups in total. The molecule has 3 rings (SSSR count). The van der Waals surface area contributed by atoms with Crippen molar-refractivity contribution in [2.24, 2.45) is 0 Å². The van der Waals surface area contributed by atoms with Gasteiger partial charge >= 0.3 is 6.01 Å². The van der Waals surface area contributed by atoms with Crippen LogP contribution < -0.4 is 9.47 Å². The minimum atomic E-state index is 0.102. The molecule has 0 bridgehead atoms. The topological polar surface area (TPSA) is 84.2 Å². The summed E-state index contributed by atoms with van der Waals surface area (Å²) in [4.78, 5) is 15.0. The van der Waals surface area contributed by atoms with Crippen LogP contribution in [-0.2, 0) is 6.54 Å². The predicted molar refractivity (Wildman–Crippen MR) is 86.6 cm³/mol. The molecule has 1 fully saturated rings. The van der Waals surface area contributed by atoms with E-state index in [1.165, 1.54) is 6.20 Å². The van der Waals surface area contributed by atoms with Gasteiger partial charge in [0.05, 0.1) is 12.7 Å². The average Bonchev–Trinajstić information content (AvgIpc) is 3.04. The van der Waals surface area contributed by atoms with E-state index in [0.29, 0.717) is 17.5 Å². The highest BCUT2D eigenvalue weighted by Crippen LogP contribution is 2.19. The number of nitriles is 1. The molecule has 0 radical (unpaired) electrons. The molecule has 7 heteroatoms. The quantitative estimate of drug-likeness (QED) is 0.827. The fourth-order valence-corrected chi connectivity index (χ4v) is 2.69. The summed E-state index contributed by atoms with van der Waals surface area (Å²) in [6.07, 6.45) is 4.39. The van der Waals surface area contributed by atoms with E-state index < -0.39 is 0 Å². The number of likely N-dealkylation sites (tertiary alicyclic amines) is 1. The molecule has 3 heterocycles. The Hall–Kier alpha value is -2.72. The Bertz CT molecular complexity index is 742. The highest BCUT2D eigenvalue weighted by atomic mass is 16.5. The Morgan fingerprint density at radius 3 is 2.88 bits per heavy atom. The van der Waals surface area contributed by atoms with Gasteiger partial charge in [0.15, 0.2) is 0 Å². The van der Waals surface area contributed by atoms with Crippen LogP contribution >= 0.6 is 0 Å². The summed E-state index contributed by atoms with van der Waals surface area (Å²) in [5.74, 6) is 0.560. The summed E-state index contributed by atoms with van der Waals surface area (Å²) >= 11 is 0. The normalized spacial score (nSPS) is 17.5. The van der Waals surface area contributed by atoms with E-state index in [0.717, 1.165) is 37.3 Å². The maximum Gasteiger partial charge on any atom is 0.316 e. The van der Waals surface area contributed by atoms with Crippen molar-refractivity contribution in [1.29, 1.82) is 5.26 Å². The van der Waals surface area contributed by atoms with Crippen molar-refractivity contribution in [2.45, 2.75) is 26.0 Å². The van der Waals surface area contributed by atoms with Gasteiger partial charge in [0.25, 0.3) is 0 Å². The highest BCUT2D eigenvalue weighted by molar-refractivity contribution is 5.28. The number of aryl methyl sites for hydroxylation is 1. The lowest BCUT2D eigenvalue weighted by molar-refractivity contribution is 0.191. The second kappa shape index (κ2) is 7.23. The fraction of sp³-hybridized carbons (Fsp3) is 0.412. The van der Waals surface area contributed by atoms with Crippen LogP contribution in [0.1, 0.15) is 23.2 Å². The van der Waals surface area contributed by atoms with Crippen molar-refractivity contribution in [3.8, 4) is 18.0 Å². The fourth-order valence-electron chi connectivity index (χ4n) is 2.69. The Morgan fingerprint density at radius 1 is 1.33 bits per heavy atom. The van der Waals surface area contributed by atoms with Crippen LogP contribution in [0.25, 0.3) is 0 Å². The minimum absolute atomic E-state index is 0.102. The molecule has 124 valence electrons. The lowest BCUT2D eigenvalue weighted by atomic mass is 10.2. The molecule has 0 aromatic carbocycles. The lowest BCUT2D eigenvalue weighted by Gasteiger charge is -2.17. The molecule has 1 aliphatic heterocycles. The third-order valence-corrected chi connectivity index (χ3v) is 4.02. The molecule has 2 aromatic rings. The zero-order valence-corrected chi connectivity index (χ0v) is 13.8. The second-order valence-electron chi connectivity index (χ2n) is 5.73. The number of aromatic nitrogens is 3. The molecule has 1 atom stereocenters. The Labute approximate surface area is 140 Å². The van der Waals surface area contributed by atoms with Crippen molar-refractivity contribution in [3.05, 3.63) is 41.3 Å². The van der Waals surface area contributed by atoms with Crippen LogP contribution in [0.5, 0.6) is 11.9 Å². The van der Waals surface area contributed by atoms with Crippen molar-refractivity contribution in [3.63, 3.8) is 0 Å². The summed E-state index contributed by atoms with van der Waals surface area (Å²) in [5.41, 5.74) is 2.55. The van der Waals surface area contributed by atoms with E-state index in [4.69, 9.17) is 14.7 Å². The van der Waals surface area contributed by atoms with E-state index in [1.54, 1.807) is 19.2 Å². The zero-order chi connectivity index (χ0) is 16.9. The number of hydrogen-bond acceptors (Lipinski definition) is 7. The second-order valence-corrected chi connectivity index (χ2v) is 5.73. The molecule has 24 heavy (non-hydrogen) atoms. The number of ether oxygens (including phenoxy) is 2. The summed E-state index contributed by atoms with van der Waals surface area (Å²) in [6.45, 7) is 4.53. The van der Waals surface area contributed by atoms with Gasteiger partial charge in [-0.15, -0.1) is 0 Å². The number of nitrogens with zero attached hydrogens (tertiary/aromatic N) is 5. The minimum Gasteiger partial charge on any atom is -0.473 e. The van der Waals surface area contributed by atoms with E-state index in [9.17, 15) is 0 Å². The van der Waals surface area contributed by atoms with E-state index in [1.807, 2.05) is 19.2 Å². The van der Waals surface area contributed by atoms with E-state index >= 15 is 0 Å².